The molecular weight excluding hydrogens is 400 g/mol. The van der Waals surface area contributed by atoms with Crippen LogP contribution in [0.15, 0.2) is 46.4 Å². The van der Waals surface area contributed by atoms with Crippen molar-refractivity contribution in [2.75, 3.05) is 10.6 Å². The van der Waals surface area contributed by atoms with Gasteiger partial charge in [0.25, 0.3) is 0 Å². The molecule has 0 saturated carbocycles. The third kappa shape index (κ3) is 4.87. The van der Waals surface area contributed by atoms with E-state index in [2.05, 4.69) is 36.5 Å². The normalized spacial score (nSPS) is 10.5. The molecule has 0 aliphatic heterocycles. The van der Waals surface area contributed by atoms with Gasteiger partial charge in [0.1, 0.15) is 5.82 Å². The summed E-state index contributed by atoms with van der Waals surface area (Å²) in [5.74, 6) is 0.659. The Balaban J connectivity index is 1.61. The molecule has 7 heteroatoms. The summed E-state index contributed by atoms with van der Waals surface area (Å²) in [6.45, 7) is 3.97. The van der Waals surface area contributed by atoms with E-state index < -0.39 is 0 Å². The van der Waals surface area contributed by atoms with Crippen LogP contribution in [0.5, 0.6) is 0 Å². The minimum absolute atomic E-state index is 0.0871. The molecular formula is C18H17BrN4OS. The number of halogens is 1. The molecule has 0 fully saturated rings. The van der Waals surface area contributed by atoms with Gasteiger partial charge in [-0.15, -0.1) is 11.3 Å². The van der Waals surface area contributed by atoms with Gasteiger partial charge in [-0.3, -0.25) is 4.79 Å². The van der Waals surface area contributed by atoms with E-state index in [0.29, 0.717) is 0 Å². The summed E-state index contributed by atoms with van der Waals surface area (Å²) in [6, 6.07) is 9.64. The van der Waals surface area contributed by atoms with Crippen LogP contribution in [0.1, 0.15) is 16.8 Å². The quantitative estimate of drug-likeness (QED) is 0.623. The van der Waals surface area contributed by atoms with Gasteiger partial charge >= 0.3 is 0 Å². The number of hydrogen-bond donors (Lipinski definition) is 2. The number of hydrogen-bond acceptors (Lipinski definition) is 5. The standard InChI is InChI=1S/C18H17BrN4OS/c1-11-5-6-20-16(7-11)23-18-21-14(10-25-18)9-17(24)22-15-4-3-13(19)8-12(15)2/h3-8,10H,9H2,1-2H3,(H,22,24)(H,20,21,23). The minimum Gasteiger partial charge on any atom is -0.326 e. The molecule has 128 valence electrons. The van der Waals surface area contributed by atoms with Crippen LogP contribution in [0.4, 0.5) is 16.6 Å². The van der Waals surface area contributed by atoms with Gasteiger partial charge in [0, 0.05) is 21.7 Å². The molecule has 2 aromatic heterocycles. The first-order valence-electron chi connectivity index (χ1n) is 7.70. The van der Waals surface area contributed by atoms with E-state index in [1.165, 1.54) is 11.3 Å². The molecule has 1 amide bonds. The highest BCUT2D eigenvalue weighted by Gasteiger charge is 2.10. The van der Waals surface area contributed by atoms with Crippen LogP contribution in [0.25, 0.3) is 0 Å². The van der Waals surface area contributed by atoms with E-state index in [-0.39, 0.29) is 12.3 Å². The number of anilines is 3. The lowest BCUT2D eigenvalue weighted by Gasteiger charge is -2.08. The van der Waals surface area contributed by atoms with E-state index in [0.717, 1.165) is 37.9 Å². The zero-order chi connectivity index (χ0) is 17.8. The summed E-state index contributed by atoms with van der Waals surface area (Å²) in [5.41, 5.74) is 3.67. The molecule has 1 aromatic carbocycles. The van der Waals surface area contributed by atoms with Crippen molar-refractivity contribution < 1.29 is 4.79 Å². The van der Waals surface area contributed by atoms with Gasteiger partial charge < -0.3 is 10.6 Å². The van der Waals surface area contributed by atoms with Crippen LogP contribution in [-0.4, -0.2) is 15.9 Å². The monoisotopic (exact) mass is 416 g/mol. The van der Waals surface area contributed by atoms with Gasteiger partial charge in [-0.25, -0.2) is 9.97 Å². The fourth-order valence-electron chi connectivity index (χ4n) is 2.29. The number of aromatic nitrogens is 2. The maximum absolute atomic E-state index is 12.2. The Hall–Kier alpha value is -2.25. The van der Waals surface area contributed by atoms with Crippen molar-refractivity contribution in [2.24, 2.45) is 0 Å². The molecule has 0 radical (unpaired) electrons. The molecule has 25 heavy (non-hydrogen) atoms. The molecule has 0 aliphatic carbocycles. The van der Waals surface area contributed by atoms with Gasteiger partial charge in [0.15, 0.2) is 5.13 Å². The van der Waals surface area contributed by atoms with Crippen molar-refractivity contribution in [3.8, 4) is 0 Å². The number of nitrogens with zero attached hydrogens (tertiary/aromatic N) is 2. The molecule has 0 saturated heterocycles. The lowest BCUT2D eigenvalue weighted by molar-refractivity contribution is -0.115. The van der Waals surface area contributed by atoms with E-state index in [1.807, 2.05) is 49.6 Å². The molecule has 0 aliphatic rings. The highest BCUT2D eigenvalue weighted by molar-refractivity contribution is 9.10. The highest BCUT2D eigenvalue weighted by atomic mass is 79.9. The van der Waals surface area contributed by atoms with Gasteiger partial charge in [0.2, 0.25) is 5.91 Å². The molecule has 2 heterocycles. The number of aryl methyl sites for hydroxylation is 2. The average molecular weight is 417 g/mol. The van der Waals surface area contributed by atoms with Gasteiger partial charge in [-0.05, 0) is 55.3 Å². The Kier molecular flexibility index (Phi) is 5.45. The number of benzene rings is 1. The molecule has 5 nitrogen and oxygen atoms in total. The predicted octanol–water partition coefficient (Wildman–Crippen LogP) is 4.84. The maximum Gasteiger partial charge on any atom is 0.230 e. The third-order valence-electron chi connectivity index (χ3n) is 3.51. The first kappa shape index (κ1) is 17.6. The number of amides is 1. The first-order chi connectivity index (χ1) is 12.0. The topological polar surface area (TPSA) is 66.9 Å². The summed E-state index contributed by atoms with van der Waals surface area (Å²) in [6.07, 6.45) is 1.98. The third-order valence-corrected chi connectivity index (χ3v) is 4.81. The Morgan fingerprint density at radius 2 is 2.08 bits per heavy atom. The number of thiazole rings is 1. The summed E-state index contributed by atoms with van der Waals surface area (Å²) in [4.78, 5) is 20.9. The van der Waals surface area contributed by atoms with Crippen LogP contribution >= 0.6 is 27.3 Å². The molecule has 0 bridgehead atoms. The number of carbonyl (C=O) groups is 1. The van der Waals surface area contributed by atoms with Gasteiger partial charge in [-0.2, -0.15) is 0 Å². The molecule has 3 aromatic rings. The molecule has 3 rings (SSSR count). The molecule has 2 N–H and O–H groups in total. The number of carbonyl (C=O) groups excluding carboxylic acids is 1. The Bertz CT molecular complexity index is 910. The van der Waals surface area contributed by atoms with Crippen molar-refractivity contribution in [1.82, 2.24) is 9.97 Å². The summed E-state index contributed by atoms with van der Waals surface area (Å²) in [7, 11) is 0. The lowest BCUT2D eigenvalue weighted by Crippen LogP contribution is -2.15. The Morgan fingerprint density at radius 1 is 1.24 bits per heavy atom. The van der Waals surface area contributed by atoms with E-state index >= 15 is 0 Å². The summed E-state index contributed by atoms with van der Waals surface area (Å²) < 4.78 is 0.989. The van der Waals surface area contributed by atoms with Crippen LogP contribution in [0, 0.1) is 13.8 Å². The number of pyridine rings is 1. The largest absolute Gasteiger partial charge is 0.326 e. The Labute approximate surface area is 158 Å². The zero-order valence-electron chi connectivity index (χ0n) is 13.8. The minimum atomic E-state index is -0.0871. The van der Waals surface area contributed by atoms with E-state index in [9.17, 15) is 4.79 Å². The SMILES string of the molecule is Cc1ccnc(Nc2nc(CC(=O)Nc3ccc(Br)cc3C)cs2)c1. The smallest absolute Gasteiger partial charge is 0.230 e. The van der Waals surface area contributed by atoms with Gasteiger partial charge in [-0.1, -0.05) is 15.9 Å². The second-order valence-corrected chi connectivity index (χ2v) is 7.45. The molecule has 0 unspecified atom stereocenters. The second kappa shape index (κ2) is 7.76. The Morgan fingerprint density at radius 3 is 2.84 bits per heavy atom. The van der Waals surface area contributed by atoms with Crippen LogP contribution in [0.3, 0.4) is 0 Å². The van der Waals surface area contributed by atoms with Crippen molar-refractivity contribution in [3.63, 3.8) is 0 Å². The van der Waals surface area contributed by atoms with Crippen molar-refractivity contribution in [3.05, 3.63) is 63.2 Å². The zero-order valence-corrected chi connectivity index (χ0v) is 16.2. The summed E-state index contributed by atoms with van der Waals surface area (Å²) >= 11 is 4.87. The lowest BCUT2D eigenvalue weighted by atomic mass is 10.2. The van der Waals surface area contributed by atoms with Gasteiger partial charge in [0.05, 0.1) is 12.1 Å². The van der Waals surface area contributed by atoms with Crippen LogP contribution < -0.4 is 10.6 Å². The number of rotatable bonds is 5. The van der Waals surface area contributed by atoms with Crippen LogP contribution in [0.2, 0.25) is 0 Å². The van der Waals surface area contributed by atoms with E-state index in [1.54, 1.807) is 6.20 Å². The van der Waals surface area contributed by atoms with Crippen molar-refractivity contribution in [2.45, 2.75) is 20.3 Å². The van der Waals surface area contributed by atoms with E-state index in [4.69, 9.17) is 0 Å². The predicted molar refractivity (Wildman–Crippen MR) is 106 cm³/mol. The number of nitrogens with one attached hydrogen (secondary N) is 2. The molecule has 0 atom stereocenters. The fraction of sp³-hybridized carbons (Fsp3) is 0.167. The fourth-order valence-corrected chi connectivity index (χ4v) is 3.48. The van der Waals surface area contributed by atoms with Crippen LogP contribution in [-0.2, 0) is 11.2 Å². The van der Waals surface area contributed by atoms with Crippen molar-refractivity contribution >= 4 is 49.8 Å². The van der Waals surface area contributed by atoms with Crippen molar-refractivity contribution in [1.29, 1.82) is 0 Å². The average Bonchev–Trinajstić information content (AvgIpc) is 2.97. The highest BCUT2D eigenvalue weighted by Crippen LogP contribution is 2.22. The first-order valence-corrected chi connectivity index (χ1v) is 9.37. The molecule has 0 spiro atoms. The maximum atomic E-state index is 12.2. The summed E-state index contributed by atoms with van der Waals surface area (Å²) in [5, 5.41) is 8.69. The second-order valence-electron chi connectivity index (χ2n) is 5.67.